The van der Waals surface area contributed by atoms with E-state index in [4.69, 9.17) is 5.73 Å². The number of hydrogen-bond acceptors (Lipinski definition) is 6. The molecule has 9 nitrogen and oxygen atoms in total. The molecule has 5 rings (SSSR count). The minimum Gasteiger partial charge on any atom is -0.369 e. The van der Waals surface area contributed by atoms with E-state index in [0.717, 1.165) is 47.6 Å². The monoisotopic (exact) mass is 479 g/mol. The molecule has 0 bridgehead atoms. The second kappa shape index (κ2) is 8.91. The van der Waals surface area contributed by atoms with E-state index in [0.29, 0.717) is 23.5 Å². The summed E-state index contributed by atoms with van der Waals surface area (Å²) in [5.74, 6) is -2.57. The van der Waals surface area contributed by atoms with E-state index in [1.165, 1.54) is 12.1 Å². The van der Waals surface area contributed by atoms with Gasteiger partial charge in [-0.15, -0.1) is 0 Å². The first-order valence-electron chi connectivity index (χ1n) is 11.1. The normalized spacial score (nSPS) is 14.5. The third-order valence-corrected chi connectivity index (χ3v) is 6.06. The predicted octanol–water partition coefficient (Wildman–Crippen LogP) is 2.58. The number of halogens is 2. The number of nitrogens with two attached hydrogens (primary N) is 1. The maximum absolute atomic E-state index is 14.3. The molecule has 0 atom stereocenters. The molecule has 3 N–H and O–H groups in total. The van der Waals surface area contributed by atoms with E-state index in [1.54, 1.807) is 16.8 Å². The Bertz CT molecular complexity index is 1470. The molecule has 0 saturated carbocycles. The van der Waals surface area contributed by atoms with Crippen molar-refractivity contribution in [2.75, 3.05) is 23.3 Å². The van der Waals surface area contributed by atoms with E-state index < -0.39 is 28.8 Å². The highest BCUT2D eigenvalue weighted by atomic mass is 19.1. The van der Waals surface area contributed by atoms with Gasteiger partial charge in [0.2, 0.25) is 0 Å². The summed E-state index contributed by atoms with van der Waals surface area (Å²) >= 11 is 0. The predicted molar refractivity (Wildman–Crippen MR) is 128 cm³/mol. The van der Waals surface area contributed by atoms with Gasteiger partial charge in [0.15, 0.2) is 11.6 Å². The van der Waals surface area contributed by atoms with Crippen LogP contribution in [-0.2, 0) is 7.05 Å². The fraction of sp³-hybridized carbons (Fsp3) is 0.250. The quantitative estimate of drug-likeness (QED) is 0.466. The molecule has 3 heterocycles. The van der Waals surface area contributed by atoms with Gasteiger partial charge in [0, 0.05) is 43.8 Å². The summed E-state index contributed by atoms with van der Waals surface area (Å²) in [6.07, 6.45) is 3.50. The Hall–Kier alpha value is -4.12. The number of aryl methyl sites for hydroxylation is 1. The maximum Gasteiger partial charge on any atom is 0.276 e. The Labute approximate surface area is 198 Å². The molecule has 2 aromatic heterocycles. The summed E-state index contributed by atoms with van der Waals surface area (Å²) in [5, 5.41) is 12.1. The number of benzene rings is 2. The first-order chi connectivity index (χ1) is 16.8. The number of carbonyl (C=O) groups is 1. The van der Waals surface area contributed by atoms with Crippen LogP contribution >= 0.6 is 0 Å². The van der Waals surface area contributed by atoms with Crippen molar-refractivity contribution in [3.05, 3.63) is 76.3 Å². The molecule has 0 unspecified atom stereocenters. The van der Waals surface area contributed by atoms with Crippen LogP contribution in [0.25, 0.3) is 16.6 Å². The zero-order chi connectivity index (χ0) is 24.7. The lowest BCUT2D eigenvalue weighted by molar-refractivity contribution is 0.102. The van der Waals surface area contributed by atoms with Crippen molar-refractivity contribution in [2.45, 2.75) is 18.9 Å². The molecule has 1 saturated heterocycles. The summed E-state index contributed by atoms with van der Waals surface area (Å²) in [6.45, 7) is 1.43. The van der Waals surface area contributed by atoms with E-state index in [9.17, 15) is 18.4 Å². The summed E-state index contributed by atoms with van der Waals surface area (Å²) in [5.41, 5.74) is 6.60. The van der Waals surface area contributed by atoms with Gasteiger partial charge in [-0.3, -0.25) is 14.3 Å². The number of nitrogens with zero attached hydrogens (tertiary/aromatic N) is 5. The van der Waals surface area contributed by atoms with Gasteiger partial charge in [0.25, 0.3) is 11.5 Å². The molecule has 1 aliphatic heterocycles. The van der Waals surface area contributed by atoms with Crippen LogP contribution in [0.3, 0.4) is 0 Å². The lowest BCUT2D eigenvalue weighted by atomic mass is 10.0. The Balaban J connectivity index is 1.53. The summed E-state index contributed by atoms with van der Waals surface area (Å²) in [6, 6.07) is 9.15. The number of aromatic nitrogens is 4. The SMILES string of the molecule is Cn1cc2c(N3CCC(N)CC3)c(NC(=O)c3ccc(=O)n(-c4c(F)cccc4F)n3)ccc2n1. The van der Waals surface area contributed by atoms with Crippen LogP contribution in [0.5, 0.6) is 0 Å². The zero-order valence-corrected chi connectivity index (χ0v) is 18.9. The van der Waals surface area contributed by atoms with E-state index in [2.05, 4.69) is 20.4 Å². The maximum atomic E-state index is 14.3. The fourth-order valence-corrected chi connectivity index (χ4v) is 4.33. The molecular weight excluding hydrogens is 456 g/mol. The molecule has 1 aliphatic rings. The highest BCUT2D eigenvalue weighted by molar-refractivity contribution is 6.08. The van der Waals surface area contributed by atoms with Crippen LogP contribution in [0, 0.1) is 11.6 Å². The van der Waals surface area contributed by atoms with Crippen LogP contribution in [0.4, 0.5) is 20.2 Å². The molecule has 2 aromatic carbocycles. The minimum absolute atomic E-state index is 0.126. The summed E-state index contributed by atoms with van der Waals surface area (Å²) in [7, 11) is 1.82. The number of fused-ring (bicyclic) bond motifs is 1. The van der Waals surface area contributed by atoms with Crippen molar-refractivity contribution in [1.82, 2.24) is 19.6 Å². The minimum atomic E-state index is -0.968. The number of piperidine rings is 1. The van der Waals surface area contributed by atoms with Crippen molar-refractivity contribution in [3.8, 4) is 5.69 Å². The van der Waals surface area contributed by atoms with Gasteiger partial charge in [-0.05, 0) is 43.2 Å². The third kappa shape index (κ3) is 4.26. The number of hydrogen-bond donors (Lipinski definition) is 2. The van der Waals surface area contributed by atoms with E-state index >= 15 is 0 Å². The molecule has 180 valence electrons. The van der Waals surface area contributed by atoms with Crippen molar-refractivity contribution in [2.24, 2.45) is 12.8 Å². The van der Waals surface area contributed by atoms with Crippen LogP contribution in [0.1, 0.15) is 23.3 Å². The molecular formula is C24H23F2N7O2. The summed E-state index contributed by atoms with van der Waals surface area (Å²) < 4.78 is 30.8. The van der Waals surface area contributed by atoms with Gasteiger partial charge in [0.1, 0.15) is 11.4 Å². The molecule has 0 aliphatic carbocycles. The van der Waals surface area contributed by atoms with Gasteiger partial charge in [-0.2, -0.15) is 14.9 Å². The van der Waals surface area contributed by atoms with Gasteiger partial charge < -0.3 is 16.0 Å². The van der Waals surface area contributed by atoms with Crippen molar-refractivity contribution in [3.63, 3.8) is 0 Å². The summed E-state index contributed by atoms with van der Waals surface area (Å²) in [4.78, 5) is 27.6. The molecule has 1 amide bonds. The molecule has 1 fully saturated rings. The smallest absolute Gasteiger partial charge is 0.276 e. The standard InChI is InChI=1S/C24H23F2N7O2/c1-31-13-15-18(29-31)5-6-19(22(15)32-11-9-14(27)10-12-32)28-24(35)20-7-8-21(34)33(30-20)23-16(25)3-2-4-17(23)26/h2-8,13-14H,9-12,27H2,1H3,(H,28,35). The van der Waals surface area contributed by atoms with Crippen LogP contribution in [-0.4, -0.2) is 44.6 Å². The van der Waals surface area contributed by atoms with E-state index in [-0.39, 0.29) is 11.7 Å². The number of carbonyl (C=O) groups excluding carboxylic acids is 1. The van der Waals surface area contributed by atoms with Gasteiger partial charge in [0.05, 0.1) is 16.9 Å². The molecule has 11 heteroatoms. The van der Waals surface area contributed by atoms with Crippen LogP contribution < -0.4 is 21.5 Å². The Kier molecular flexibility index (Phi) is 5.77. The average Bonchev–Trinajstić information content (AvgIpc) is 3.21. The molecule has 4 aromatic rings. The first kappa shape index (κ1) is 22.7. The van der Waals surface area contributed by atoms with Crippen LogP contribution in [0.2, 0.25) is 0 Å². The molecule has 0 spiro atoms. The molecule has 35 heavy (non-hydrogen) atoms. The lowest BCUT2D eigenvalue weighted by Gasteiger charge is -2.33. The number of para-hydroxylation sites is 1. The van der Waals surface area contributed by atoms with Crippen molar-refractivity contribution >= 4 is 28.2 Å². The van der Waals surface area contributed by atoms with Crippen LogP contribution in [0.15, 0.2) is 53.5 Å². The average molecular weight is 479 g/mol. The van der Waals surface area contributed by atoms with Gasteiger partial charge >= 0.3 is 0 Å². The number of nitrogens with one attached hydrogen (secondary N) is 1. The number of amides is 1. The topological polar surface area (TPSA) is 111 Å². The Morgan fingerprint density at radius 1 is 1.03 bits per heavy atom. The highest BCUT2D eigenvalue weighted by Crippen LogP contribution is 2.36. The first-order valence-corrected chi connectivity index (χ1v) is 11.1. The van der Waals surface area contributed by atoms with Crippen molar-refractivity contribution in [1.29, 1.82) is 0 Å². The largest absolute Gasteiger partial charge is 0.369 e. The number of anilines is 2. The highest BCUT2D eigenvalue weighted by Gasteiger charge is 2.24. The molecule has 0 radical (unpaired) electrons. The van der Waals surface area contributed by atoms with Crippen molar-refractivity contribution < 1.29 is 13.6 Å². The zero-order valence-electron chi connectivity index (χ0n) is 18.9. The Morgan fingerprint density at radius 2 is 1.74 bits per heavy atom. The van der Waals surface area contributed by atoms with Gasteiger partial charge in [-0.1, -0.05) is 6.07 Å². The second-order valence-electron chi connectivity index (χ2n) is 8.51. The Morgan fingerprint density at radius 3 is 2.46 bits per heavy atom. The van der Waals surface area contributed by atoms with Gasteiger partial charge in [-0.25, -0.2) is 8.78 Å². The fourth-order valence-electron chi connectivity index (χ4n) is 4.33. The number of rotatable bonds is 4. The third-order valence-electron chi connectivity index (χ3n) is 6.06. The van der Waals surface area contributed by atoms with E-state index in [1.807, 2.05) is 13.2 Å². The lowest BCUT2D eigenvalue weighted by Crippen LogP contribution is -2.40. The second-order valence-corrected chi connectivity index (χ2v) is 8.51.